The predicted molar refractivity (Wildman–Crippen MR) is 140 cm³/mol. The van der Waals surface area contributed by atoms with E-state index in [1.165, 1.54) is 6.92 Å². The molecule has 7 nitrogen and oxygen atoms in total. The fraction of sp³-hybridized carbons (Fsp3) is 0.259. The average molecular weight is 494 g/mol. The van der Waals surface area contributed by atoms with Gasteiger partial charge in [0.05, 0.1) is 29.2 Å². The quantitative estimate of drug-likeness (QED) is 0.480. The molecule has 8 heteroatoms. The van der Waals surface area contributed by atoms with Gasteiger partial charge in [0.2, 0.25) is 15.9 Å². The van der Waals surface area contributed by atoms with Crippen LogP contribution in [0, 0.1) is 13.8 Å². The van der Waals surface area contributed by atoms with Gasteiger partial charge in [-0.3, -0.25) is 13.9 Å². The van der Waals surface area contributed by atoms with E-state index in [9.17, 15) is 18.0 Å². The highest BCUT2D eigenvalue weighted by Gasteiger charge is 2.31. The van der Waals surface area contributed by atoms with Crippen LogP contribution in [0.15, 0.2) is 72.8 Å². The van der Waals surface area contributed by atoms with Gasteiger partial charge in [0.25, 0.3) is 5.91 Å². The Morgan fingerprint density at radius 3 is 2.17 bits per heavy atom. The van der Waals surface area contributed by atoms with Crippen molar-refractivity contribution in [3.05, 3.63) is 95.1 Å². The smallest absolute Gasteiger partial charge is 0.253 e. The van der Waals surface area contributed by atoms with Crippen molar-refractivity contribution in [1.82, 2.24) is 5.32 Å². The number of carbonyl (C=O) groups is 2. The molecule has 0 heterocycles. The standard InChI is InChI=1S/C27H31N3O4S/c1-18-15-16-19(2)25(17-18)30(35(5,33)34)21(4)26(31)29-24-14-10-9-13-23(24)27(32)28-20(3)22-11-7-6-8-12-22/h6-17,20-21H,1-5H3,(H,28,32)(H,29,31)/t20-,21+/m1/s1. The van der Waals surface area contributed by atoms with Crippen molar-refractivity contribution in [2.24, 2.45) is 0 Å². The molecule has 0 saturated carbocycles. The number of rotatable bonds is 8. The van der Waals surface area contributed by atoms with E-state index in [1.54, 1.807) is 37.3 Å². The predicted octanol–water partition coefficient (Wildman–Crippen LogP) is 4.59. The Labute approximate surface area is 207 Å². The third-order valence-electron chi connectivity index (χ3n) is 5.77. The summed E-state index contributed by atoms with van der Waals surface area (Å²) in [5.41, 5.74) is 3.59. The lowest BCUT2D eigenvalue weighted by Gasteiger charge is -2.30. The second-order valence-corrected chi connectivity index (χ2v) is 10.5. The van der Waals surface area contributed by atoms with Crippen molar-refractivity contribution < 1.29 is 18.0 Å². The lowest BCUT2D eigenvalue weighted by molar-refractivity contribution is -0.116. The number of anilines is 2. The Morgan fingerprint density at radius 1 is 0.886 bits per heavy atom. The van der Waals surface area contributed by atoms with Crippen LogP contribution in [-0.2, 0) is 14.8 Å². The van der Waals surface area contributed by atoms with Crippen LogP contribution in [-0.4, -0.2) is 32.5 Å². The summed E-state index contributed by atoms with van der Waals surface area (Å²) in [6, 6.07) is 20.4. The maximum Gasteiger partial charge on any atom is 0.253 e. The van der Waals surface area contributed by atoms with Crippen LogP contribution in [0.3, 0.4) is 0 Å². The molecule has 0 aromatic heterocycles. The number of carbonyl (C=O) groups excluding carboxylic acids is 2. The van der Waals surface area contributed by atoms with Crippen LogP contribution in [0.5, 0.6) is 0 Å². The van der Waals surface area contributed by atoms with Gasteiger partial charge < -0.3 is 10.6 Å². The molecule has 3 aromatic rings. The van der Waals surface area contributed by atoms with E-state index >= 15 is 0 Å². The minimum Gasteiger partial charge on any atom is -0.345 e. The normalized spacial score (nSPS) is 12.9. The van der Waals surface area contributed by atoms with Gasteiger partial charge in [0, 0.05) is 0 Å². The van der Waals surface area contributed by atoms with Crippen LogP contribution < -0.4 is 14.9 Å². The Morgan fingerprint density at radius 2 is 1.51 bits per heavy atom. The van der Waals surface area contributed by atoms with E-state index < -0.39 is 22.0 Å². The van der Waals surface area contributed by atoms with Crippen molar-refractivity contribution in [3.63, 3.8) is 0 Å². The second-order valence-electron chi connectivity index (χ2n) is 8.67. The molecule has 2 N–H and O–H groups in total. The minimum absolute atomic E-state index is 0.239. The molecule has 0 aliphatic heterocycles. The summed E-state index contributed by atoms with van der Waals surface area (Å²) >= 11 is 0. The molecule has 0 aliphatic rings. The number of sulfonamides is 1. The Kier molecular flexibility index (Phi) is 7.96. The van der Waals surface area contributed by atoms with E-state index in [0.29, 0.717) is 11.4 Å². The monoisotopic (exact) mass is 493 g/mol. The van der Waals surface area contributed by atoms with Gasteiger partial charge in [0.1, 0.15) is 6.04 Å². The van der Waals surface area contributed by atoms with E-state index in [2.05, 4.69) is 10.6 Å². The highest BCUT2D eigenvalue weighted by molar-refractivity contribution is 7.92. The molecule has 0 spiro atoms. The van der Waals surface area contributed by atoms with Crippen molar-refractivity contribution >= 4 is 33.2 Å². The number of hydrogen-bond acceptors (Lipinski definition) is 4. The van der Waals surface area contributed by atoms with Crippen molar-refractivity contribution in [1.29, 1.82) is 0 Å². The number of nitrogens with zero attached hydrogens (tertiary/aromatic N) is 1. The van der Waals surface area contributed by atoms with Crippen molar-refractivity contribution in [2.45, 2.75) is 39.8 Å². The van der Waals surface area contributed by atoms with Crippen LogP contribution >= 0.6 is 0 Å². The van der Waals surface area contributed by atoms with Crippen LogP contribution in [0.4, 0.5) is 11.4 Å². The van der Waals surface area contributed by atoms with Crippen molar-refractivity contribution in [3.8, 4) is 0 Å². The molecule has 3 aromatic carbocycles. The molecule has 0 fully saturated rings. The molecule has 184 valence electrons. The summed E-state index contributed by atoms with van der Waals surface area (Å²) in [5, 5.41) is 5.70. The Bertz CT molecular complexity index is 1320. The molecule has 35 heavy (non-hydrogen) atoms. The summed E-state index contributed by atoms with van der Waals surface area (Å²) in [4.78, 5) is 26.3. The van der Waals surface area contributed by atoms with E-state index in [1.807, 2.05) is 56.3 Å². The van der Waals surface area contributed by atoms with Crippen LogP contribution in [0.1, 0.15) is 46.9 Å². The first-order valence-electron chi connectivity index (χ1n) is 11.3. The Balaban J connectivity index is 1.85. The van der Waals surface area contributed by atoms with Gasteiger partial charge in [-0.1, -0.05) is 54.6 Å². The number of aryl methyl sites for hydroxylation is 2. The zero-order valence-electron chi connectivity index (χ0n) is 20.6. The molecule has 3 rings (SSSR count). The minimum atomic E-state index is -3.77. The molecule has 2 atom stereocenters. The first-order chi connectivity index (χ1) is 16.5. The number of para-hydroxylation sites is 1. The number of nitrogens with one attached hydrogen (secondary N) is 2. The summed E-state index contributed by atoms with van der Waals surface area (Å²) in [7, 11) is -3.77. The summed E-state index contributed by atoms with van der Waals surface area (Å²) < 4.78 is 26.5. The summed E-state index contributed by atoms with van der Waals surface area (Å²) in [5.74, 6) is -0.896. The summed E-state index contributed by atoms with van der Waals surface area (Å²) in [6.45, 7) is 7.06. The van der Waals surface area contributed by atoms with Gasteiger partial charge in [-0.2, -0.15) is 0 Å². The van der Waals surface area contributed by atoms with Crippen LogP contribution in [0.25, 0.3) is 0 Å². The fourth-order valence-electron chi connectivity index (χ4n) is 3.86. The molecule has 0 unspecified atom stereocenters. The zero-order chi connectivity index (χ0) is 25.8. The maximum absolute atomic E-state index is 13.2. The SMILES string of the molecule is Cc1ccc(C)c(N([C@@H](C)C(=O)Nc2ccccc2C(=O)N[C@H](C)c2ccccc2)S(C)(=O)=O)c1. The molecule has 2 amide bonds. The molecule has 0 saturated heterocycles. The Hall–Kier alpha value is -3.65. The lowest BCUT2D eigenvalue weighted by Crippen LogP contribution is -2.46. The van der Waals surface area contributed by atoms with Gasteiger partial charge >= 0.3 is 0 Å². The maximum atomic E-state index is 13.2. The van der Waals surface area contributed by atoms with E-state index in [4.69, 9.17) is 0 Å². The first-order valence-corrected chi connectivity index (χ1v) is 13.2. The largest absolute Gasteiger partial charge is 0.345 e. The average Bonchev–Trinajstić information content (AvgIpc) is 2.81. The highest BCUT2D eigenvalue weighted by atomic mass is 32.2. The summed E-state index contributed by atoms with van der Waals surface area (Å²) in [6.07, 6.45) is 1.07. The van der Waals surface area contributed by atoms with Gasteiger partial charge in [-0.15, -0.1) is 0 Å². The molecular formula is C27H31N3O4S. The third kappa shape index (κ3) is 6.27. The zero-order valence-corrected chi connectivity index (χ0v) is 21.4. The van der Waals surface area contributed by atoms with Gasteiger partial charge in [0.15, 0.2) is 0 Å². The molecular weight excluding hydrogens is 462 g/mol. The second kappa shape index (κ2) is 10.7. The van der Waals surface area contributed by atoms with E-state index in [0.717, 1.165) is 27.3 Å². The molecule has 0 aliphatic carbocycles. The van der Waals surface area contributed by atoms with E-state index in [-0.39, 0.29) is 17.5 Å². The number of amides is 2. The lowest BCUT2D eigenvalue weighted by atomic mass is 10.1. The third-order valence-corrected chi connectivity index (χ3v) is 6.99. The first kappa shape index (κ1) is 26.0. The van der Waals surface area contributed by atoms with Gasteiger partial charge in [-0.05, 0) is 62.6 Å². The molecule has 0 radical (unpaired) electrons. The van der Waals surface area contributed by atoms with Crippen molar-refractivity contribution in [2.75, 3.05) is 15.9 Å². The molecule has 0 bridgehead atoms. The van der Waals surface area contributed by atoms with Crippen LogP contribution in [0.2, 0.25) is 0 Å². The number of hydrogen-bond donors (Lipinski definition) is 2. The highest BCUT2D eigenvalue weighted by Crippen LogP contribution is 2.27. The fourth-order valence-corrected chi connectivity index (χ4v) is 5.09. The van der Waals surface area contributed by atoms with Gasteiger partial charge in [-0.25, -0.2) is 8.42 Å². The topological polar surface area (TPSA) is 95.6 Å². The number of benzene rings is 3.